The van der Waals surface area contributed by atoms with Gasteiger partial charge in [0.05, 0.1) is 12.1 Å². The molecule has 0 radical (unpaired) electrons. The minimum absolute atomic E-state index is 0.115. The second-order valence-corrected chi connectivity index (χ2v) is 3.04. The molecule has 0 aliphatic rings. The van der Waals surface area contributed by atoms with Crippen LogP contribution in [0, 0.1) is 0 Å². The van der Waals surface area contributed by atoms with Crippen molar-refractivity contribution in [3.8, 4) is 5.75 Å². The second-order valence-electron chi connectivity index (χ2n) is 3.04. The molecule has 1 rings (SSSR count). The number of hydrogen-bond acceptors (Lipinski definition) is 4. The summed E-state index contributed by atoms with van der Waals surface area (Å²) in [6.45, 7) is 1.17. The van der Waals surface area contributed by atoms with Gasteiger partial charge in [0.2, 0.25) is 5.91 Å². The molecule has 0 fully saturated rings. The number of carbonyl (C=O) groups excluding carboxylic acids is 2. The van der Waals surface area contributed by atoms with Crippen molar-refractivity contribution in [2.75, 3.05) is 11.9 Å². The van der Waals surface area contributed by atoms with Crippen LogP contribution in [0.1, 0.15) is 17.3 Å². The normalized spacial score (nSPS) is 9.73. The van der Waals surface area contributed by atoms with Gasteiger partial charge in [-0.25, -0.2) is 0 Å². The zero-order valence-electron chi connectivity index (χ0n) is 8.28. The van der Waals surface area contributed by atoms with E-state index in [0.717, 1.165) is 0 Å². The first kappa shape index (κ1) is 11.2. The fraction of sp³-hybridized carbons (Fsp3) is 0.200. The van der Waals surface area contributed by atoms with E-state index >= 15 is 0 Å². The number of amides is 1. The molecule has 0 unspecified atom stereocenters. The lowest BCUT2D eigenvalue weighted by Gasteiger charge is -2.06. The van der Waals surface area contributed by atoms with Crippen LogP contribution in [-0.2, 0) is 4.79 Å². The molecule has 0 bridgehead atoms. The van der Waals surface area contributed by atoms with Crippen molar-refractivity contribution >= 4 is 17.4 Å². The molecular weight excluding hydrogens is 196 g/mol. The third-order valence-corrected chi connectivity index (χ3v) is 1.80. The topological polar surface area (TPSA) is 92.4 Å². The SMILES string of the molecule is CC(=O)Nc1ccc(O)c(C(=O)CN)c1. The molecule has 0 saturated heterocycles. The van der Waals surface area contributed by atoms with Crippen LogP contribution in [0.5, 0.6) is 5.75 Å². The van der Waals surface area contributed by atoms with Crippen LogP contribution in [0.15, 0.2) is 18.2 Å². The van der Waals surface area contributed by atoms with Gasteiger partial charge in [-0.15, -0.1) is 0 Å². The third-order valence-electron chi connectivity index (χ3n) is 1.80. The van der Waals surface area contributed by atoms with Gasteiger partial charge in [0.25, 0.3) is 0 Å². The number of nitrogens with one attached hydrogen (secondary N) is 1. The van der Waals surface area contributed by atoms with E-state index in [1.54, 1.807) is 0 Å². The molecule has 0 aromatic heterocycles. The molecule has 5 nitrogen and oxygen atoms in total. The largest absolute Gasteiger partial charge is 0.507 e. The van der Waals surface area contributed by atoms with Crippen LogP contribution in [0.4, 0.5) is 5.69 Å². The molecule has 0 aliphatic carbocycles. The first-order valence-electron chi connectivity index (χ1n) is 4.38. The maximum absolute atomic E-state index is 11.3. The van der Waals surface area contributed by atoms with Crippen molar-refractivity contribution in [1.29, 1.82) is 0 Å². The van der Waals surface area contributed by atoms with Gasteiger partial charge in [-0.1, -0.05) is 0 Å². The van der Waals surface area contributed by atoms with Gasteiger partial charge in [-0.2, -0.15) is 0 Å². The Bertz CT molecular complexity index is 402. The summed E-state index contributed by atoms with van der Waals surface area (Å²) in [6, 6.07) is 4.24. The van der Waals surface area contributed by atoms with E-state index in [0.29, 0.717) is 5.69 Å². The number of carbonyl (C=O) groups is 2. The Morgan fingerprint density at radius 1 is 1.47 bits per heavy atom. The number of phenols is 1. The molecule has 1 aromatic rings. The highest BCUT2D eigenvalue weighted by Gasteiger charge is 2.10. The van der Waals surface area contributed by atoms with E-state index in [1.807, 2.05) is 0 Å². The zero-order valence-corrected chi connectivity index (χ0v) is 8.28. The molecule has 15 heavy (non-hydrogen) atoms. The van der Waals surface area contributed by atoms with Crippen molar-refractivity contribution < 1.29 is 14.7 Å². The van der Waals surface area contributed by atoms with Gasteiger partial charge < -0.3 is 16.2 Å². The fourth-order valence-electron chi connectivity index (χ4n) is 1.15. The Balaban J connectivity index is 3.05. The number of nitrogens with two attached hydrogens (primary N) is 1. The summed E-state index contributed by atoms with van der Waals surface area (Å²) >= 11 is 0. The third kappa shape index (κ3) is 2.78. The molecule has 0 atom stereocenters. The van der Waals surface area contributed by atoms with Crippen molar-refractivity contribution in [3.05, 3.63) is 23.8 Å². The Kier molecular flexibility index (Phi) is 3.41. The van der Waals surface area contributed by atoms with Gasteiger partial charge >= 0.3 is 0 Å². The van der Waals surface area contributed by atoms with E-state index in [2.05, 4.69) is 5.32 Å². The van der Waals surface area contributed by atoms with Crippen molar-refractivity contribution in [2.24, 2.45) is 5.73 Å². The molecule has 1 aromatic carbocycles. The van der Waals surface area contributed by atoms with Crippen LogP contribution in [-0.4, -0.2) is 23.3 Å². The Hall–Kier alpha value is -1.88. The van der Waals surface area contributed by atoms with Gasteiger partial charge in [0.15, 0.2) is 5.78 Å². The Morgan fingerprint density at radius 2 is 2.13 bits per heavy atom. The van der Waals surface area contributed by atoms with E-state index in [4.69, 9.17) is 5.73 Å². The number of aromatic hydroxyl groups is 1. The molecule has 4 N–H and O–H groups in total. The lowest BCUT2D eigenvalue weighted by Crippen LogP contribution is -2.14. The van der Waals surface area contributed by atoms with Crippen LogP contribution >= 0.6 is 0 Å². The number of ketones is 1. The summed E-state index contributed by atoms with van der Waals surface area (Å²) in [5.41, 5.74) is 5.75. The lowest BCUT2D eigenvalue weighted by atomic mass is 10.1. The summed E-state index contributed by atoms with van der Waals surface area (Å²) < 4.78 is 0. The molecule has 0 spiro atoms. The fourth-order valence-corrected chi connectivity index (χ4v) is 1.15. The zero-order chi connectivity index (χ0) is 11.4. The van der Waals surface area contributed by atoms with Crippen LogP contribution in [0.3, 0.4) is 0 Å². The van der Waals surface area contributed by atoms with E-state index in [-0.39, 0.29) is 29.5 Å². The van der Waals surface area contributed by atoms with Crippen molar-refractivity contribution in [2.45, 2.75) is 6.92 Å². The molecule has 0 saturated carbocycles. The van der Waals surface area contributed by atoms with Gasteiger partial charge in [-0.3, -0.25) is 9.59 Å². The average Bonchev–Trinajstić information content (AvgIpc) is 2.19. The lowest BCUT2D eigenvalue weighted by molar-refractivity contribution is -0.114. The van der Waals surface area contributed by atoms with Gasteiger partial charge in [-0.05, 0) is 18.2 Å². The predicted octanol–water partition coefficient (Wildman–Crippen LogP) is 0.492. The summed E-state index contributed by atoms with van der Waals surface area (Å²) in [6.07, 6.45) is 0. The van der Waals surface area contributed by atoms with E-state index in [9.17, 15) is 14.7 Å². The molecule has 1 amide bonds. The van der Waals surface area contributed by atoms with Crippen molar-refractivity contribution in [1.82, 2.24) is 0 Å². The summed E-state index contributed by atoms with van der Waals surface area (Å²) in [4.78, 5) is 22.0. The van der Waals surface area contributed by atoms with Gasteiger partial charge in [0, 0.05) is 12.6 Å². The minimum Gasteiger partial charge on any atom is -0.507 e. The molecule has 0 heterocycles. The van der Waals surface area contributed by atoms with E-state index in [1.165, 1.54) is 25.1 Å². The molecule has 80 valence electrons. The number of rotatable bonds is 3. The Morgan fingerprint density at radius 3 is 2.67 bits per heavy atom. The van der Waals surface area contributed by atoms with Crippen LogP contribution in [0.2, 0.25) is 0 Å². The maximum Gasteiger partial charge on any atom is 0.221 e. The van der Waals surface area contributed by atoms with Crippen LogP contribution in [0.25, 0.3) is 0 Å². The number of anilines is 1. The van der Waals surface area contributed by atoms with Gasteiger partial charge in [0.1, 0.15) is 5.75 Å². The molecule has 5 heteroatoms. The monoisotopic (exact) mass is 208 g/mol. The highest BCUT2D eigenvalue weighted by molar-refractivity contribution is 6.01. The summed E-state index contributed by atoms with van der Waals surface area (Å²) in [7, 11) is 0. The second kappa shape index (κ2) is 4.56. The first-order valence-corrected chi connectivity index (χ1v) is 4.38. The average molecular weight is 208 g/mol. The number of benzene rings is 1. The maximum atomic E-state index is 11.3. The number of Topliss-reactive ketones (excluding diaryl/α,β-unsaturated/α-hetero) is 1. The predicted molar refractivity (Wildman–Crippen MR) is 55.8 cm³/mol. The Labute approximate surface area is 86.9 Å². The first-order chi connectivity index (χ1) is 7.04. The highest BCUT2D eigenvalue weighted by atomic mass is 16.3. The summed E-state index contributed by atoms with van der Waals surface area (Å²) in [5, 5.41) is 11.9. The quantitative estimate of drug-likeness (QED) is 0.498. The van der Waals surface area contributed by atoms with Crippen molar-refractivity contribution in [3.63, 3.8) is 0 Å². The standard InChI is InChI=1S/C10H12N2O3/c1-6(13)12-7-2-3-9(14)8(4-7)10(15)5-11/h2-4,14H,5,11H2,1H3,(H,12,13). The highest BCUT2D eigenvalue weighted by Crippen LogP contribution is 2.21. The molecular formula is C10H12N2O3. The minimum atomic E-state index is -0.375. The smallest absolute Gasteiger partial charge is 0.221 e. The number of hydrogen-bond donors (Lipinski definition) is 3. The van der Waals surface area contributed by atoms with Crippen LogP contribution < -0.4 is 11.1 Å². The van der Waals surface area contributed by atoms with E-state index < -0.39 is 0 Å². The number of phenolic OH excluding ortho intramolecular Hbond substituents is 1. The summed E-state index contributed by atoms with van der Waals surface area (Å²) in [5.74, 6) is -0.758. The molecule has 0 aliphatic heterocycles.